The highest BCUT2D eigenvalue weighted by Crippen LogP contribution is 2.12. The van der Waals surface area contributed by atoms with Crippen LogP contribution < -0.4 is 5.32 Å². The highest BCUT2D eigenvalue weighted by Gasteiger charge is 2.10. The molecule has 126 valence electrons. The lowest BCUT2D eigenvalue weighted by atomic mass is 10.1. The molecule has 23 heavy (non-hydrogen) atoms. The van der Waals surface area contributed by atoms with Gasteiger partial charge in [-0.2, -0.15) is 0 Å². The monoisotopic (exact) mass is 317 g/mol. The Morgan fingerprint density at radius 1 is 1.43 bits per heavy atom. The predicted octanol–water partition coefficient (Wildman–Crippen LogP) is 2.27. The van der Waals surface area contributed by atoms with Gasteiger partial charge in [-0.25, -0.2) is 0 Å². The third kappa shape index (κ3) is 4.37. The zero-order valence-corrected chi connectivity index (χ0v) is 14.8. The number of aromatic nitrogens is 2. The van der Waals surface area contributed by atoms with E-state index in [4.69, 9.17) is 9.52 Å². The number of nitrogens with one attached hydrogen (secondary N) is 1. The van der Waals surface area contributed by atoms with E-state index in [0.717, 1.165) is 42.5 Å². The summed E-state index contributed by atoms with van der Waals surface area (Å²) in [6, 6.07) is 4.19. The average Bonchev–Trinajstić information content (AvgIpc) is 3.06. The van der Waals surface area contributed by atoms with Crippen molar-refractivity contribution in [2.24, 2.45) is 12.0 Å². The van der Waals surface area contributed by atoms with Gasteiger partial charge < -0.3 is 19.3 Å². The minimum atomic E-state index is 0.711. The van der Waals surface area contributed by atoms with Crippen LogP contribution >= 0.6 is 0 Å². The second-order valence-corrected chi connectivity index (χ2v) is 5.75. The van der Waals surface area contributed by atoms with Crippen LogP contribution in [0.5, 0.6) is 0 Å². The van der Waals surface area contributed by atoms with Gasteiger partial charge in [-0.1, -0.05) is 5.16 Å². The molecule has 0 bridgehead atoms. The Kier molecular flexibility index (Phi) is 5.84. The number of nitrogens with zero attached hydrogens (tertiary/aromatic N) is 4. The number of hydrogen-bond acceptors (Lipinski definition) is 3. The van der Waals surface area contributed by atoms with Gasteiger partial charge in [-0.05, 0) is 39.3 Å². The maximum atomic E-state index is 5.20. The van der Waals surface area contributed by atoms with Gasteiger partial charge in [-0.15, -0.1) is 0 Å². The zero-order chi connectivity index (χ0) is 16.8. The molecule has 0 atom stereocenters. The number of guanidine groups is 1. The molecule has 0 radical (unpaired) electrons. The second kappa shape index (κ2) is 7.85. The molecule has 6 heteroatoms. The van der Waals surface area contributed by atoms with Crippen molar-refractivity contribution in [3.05, 3.63) is 41.0 Å². The van der Waals surface area contributed by atoms with Crippen molar-refractivity contribution in [1.82, 2.24) is 19.9 Å². The predicted molar refractivity (Wildman–Crippen MR) is 92.5 cm³/mol. The van der Waals surface area contributed by atoms with Crippen LogP contribution in [0.4, 0.5) is 0 Å². The molecule has 0 amide bonds. The lowest BCUT2D eigenvalue weighted by molar-refractivity contribution is 0.392. The Bertz CT molecular complexity index is 636. The van der Waals surface area contributed by atoms with Crippen molar-refractivity contribution in [1.29, 1.82) is 0 Å². The summed E-state index contributed by atoms with van der Waals surface area (Å²) >= 11 is 0. The van der Waals surface area contributed by atoms with Crippen molar-refractivity contribution < 1.29 is 4.52 Å². The van der Waals surface area contributed by atoms with Crippen molar-refractivity contribution in [2.75, 3.05) is 20.1 Å². The Labute approximate surface area is 138 Å². The number of aliphatic imine (C=N–C) groups is 1. The maximum absolute atomic E-state index is 5.20. The van der Waals surface area contributed by atoms with E-state index in [0.29, 0.717) is 6.54 Å². The van der Waals surface area contributed by atoms with Crippen molar-refractivity contribution in [3.63, 3.8) is 0 Å². The summed E-state index contributed by atoms with van der Waals surface area (Å²) in [6.07, 6.45) is 2.90. The van der Waals surface area contributed by atoms with E-state index in [1.807, 2.05) is 13.8 Å². The lowest BCUT2D eigenvalue weighted by Crippen LogP contribution is -2.39. The summed E-state index contributed by atoms with van der Waals surface area (Å²) in [6.45, 7) is 8.39. The number of aryl methyl sites for hydroxylation is 3. The normalized spacial score (nSPS) is 11.8. The molecule has 0 aromatic carbocycles. The molecule has 2 heterocycles. The molecule has 2 rings (SSSR count). The summed E-state index contributed by atoms with van der Waals surface area (Å²) in [4.78, 5) is 6.88. The Balaban J connectivity index is 2.00. The fourth-order valence-corrected chi connectivity index (χ4v) is 2.58. The summed E-state index contributed by atoms with van der Waals surface area (Å²) in [5.41, 5.74) is 3.37. The van der Waals surface area contributed by atoms with Crippen LogP contribution in [0.1, 0.15) is 29.6 Å². The standard InChI is InChI=1S/C17H27N5O/c1-6-18-17(22(5)12-15-8-7-11-21(15)4)19-10-9-16-13(2)20-23-14(16)3/h7-8,11H,6,9-10,12H2,1-5H3,(H,18,19). The van der Waals surface area contributed by atoms with Gasteiger partial charge in [0.05, 0.1) is 12.2 Å². The molecular formula is C17H27N5O. The number of hydrogen-bond donors (Lipinski definition) is 1. The minimum absolute atomic E-state index is 0.711. The molecule has 0 fully saturated rings. The van der Waals surface area contributed by atoms with Gasteiger partial charge in [-0.3, -0.25) is 4.99 Å². The summed E-state index contributed by atoms with van der Waals surface area (Å²) < 4.78 is 7.33. The van der Waals surface area contributed by atoms with E-state index in [1.165, 1.54) is 5.69 Å². The van der Waals surface area contributed by atoms with Gasteiger partial charge in [0.1, 0.15) is 5.76 Å². The van der Waals surface area contributed by atoms with E-state index in [1.54, 1.807) is 0 Å². The van der Waals surface area contributed by atoms with E-state index in [-0.39, 0.29) is 0 Å². The van der Waals surface area contributed by atoms with Gasteiger partial charge in [0, 0.05) is 44.6 Å². The first-order chi connectivity index (χ1) is 11.0. The molecule has 2 aromatic rings. The zero-order valence-electron chi connectivity index (χ0n) is 14.8. The molecule has 6 nitrogen and oxygen atoms in total. The highest BCUT2D eigenvalue weighted by atomic mass is 16.5. The molecule has 0 aliphatic rings. The first-order valence-electron chi connectivity index (χ1n) is 8.04. The van der Waals surface area contributed by atoms with E-state index in [2.05, 4.69) is 59.3 Å². The van der Waals surface area contributed by atoms with E-state index >= 15 is 0 Å². The van der Waals surface area contributed by atoms with E-state index in [9.17, 15) is 0 Å². The molecule has 0 spiro atoms. The molecular weight excluding hydrogens is 290 g/mol. The Morgan fingerprint density at radius 2 is 2.22 bits per heavy atom. The lowest BCUT2D eigenvalue weighted by Gasteiger charge is -2.22. The first-order valence-corrected chi connectivity index (χ1v) is 8.04. The van der Waals surface area contributed by atoms with E-state index < -0.39 is 0 Å². The molecule has 0 saturated carbocycles. The second-order valence-electron chi connectivity index (χ2n) is 5.75. The van der Waals surface area contributed by atoms with Crippen LogP contribution in [0.15, 0.2) is 27.8 Å². The molecule has 0 aliphatic carbocycles. The molecule has 0 saturated heterocycles. The van der Waals surface area contributed by atoms with Gasteiger partial charge >= 0.3 is 0 Å². The number of rotatable bonds is 6. The highest BCUT2D eigenvalue weighted by molar-refractivity contribution is 5.79. The van der Waals surface area contributed by atoms with Crippen LogP contribution in [0, 0.1) is 13.8 Å². The molecule has 1 N–H and O–H groups in total. The van der Waals surface area contributed by atoms with Crippen LogP contribution in [-0.4, -0.2) is 40.7 Å². The van der Waals surface area contributed by atoms with Gasteiger partial charge in [0.2, 0.25) is 0 Å². The first kappa shape index (κ1) is 17.1. The van der Waals surface area contributed by atoms with Crippen molar-refractivity contribution in [2.45, 2.75) is 33.7 Å². The largest absolute Gasteiger partial charge is 0.361 e. The van der Waals surface area contributed by atoms with Crippen LogP contribution in [-0.2, 0) is 20.0 Å². The SMILES string of the molecule is CCNC(=NCCc1c(C)noc1C)N(C)Cc1cccn1C. The van der Waals surface area contributed by atoms with Gasteiger partial charge in [0.25, 0.3) is 0 Å². The van der Waals surface area contributed by atoms with Crippen LogP contribution in [0.3, 0.4) is 0 Å². The average molecular weight is 317 g/mol. The van der Waals surface area contributed by atoms with Crippen LogP contribution in [0.25, 0.3) is 0 Å². The minimum Gasteiger partial charge on any atom is -0.361 e. The van der Waals surface area contributed by atoms with Crippen molar-refractivity contribution in [3.8, 4) is 0 Å². The summed E-state index contributed by atoms with van der Waals surface area (Å²) in [5.74, 6) is 1.81. The van der Waals surface area contributed by atoms with Gasteiger partial charge in [0.15, 0.2) is 5.96 Å². The fourth-order valence-electron chi connectivity index (χ4n) is 2.58. The third-order valence-electron chi connectivity index (χ3n) is 3.95. The van der Waals surface area contributed by atoms with Crippen LogP contribution in [0.2, 0.25) is 0 Å². The smallest absolute Gasteiger partial charge is 0.194 e. The molecule has 0 aliphatic heterocycles. The van der Waals surface area contributed by atoms with Crippen molar-refractivity contribution >= 4 is 5.96 Å². The maximum Gasteiger partial charge on any atom is 0.194 e. The molecule has 0 unspecified atom stereocenters. The molecule has 2 aromatic heterocycles. The summed E-state index contributed by atoms with van der Waals surface area (Å²) in [7, 11) is 4.12. The third-order valence-corrected chi connectivity index (χ3v) is 3.95. The fraction of sp³-hybridized carbons (Fsp3) is 0.529. The Hall–Kier alpha value is -2.24. The Morgan fingerprint density at radius 3 is 2.78 bits per heavy atom. The summed E-state index contributed by atoms with van der Waals surface area (Å²) in [5, 5.41) is 7.34. The quantitative estimate of drug-likeness (QED) is 0.656. The topological polar surface area (TPSA) is 58.6 Å².